The van der Waals surface area contributed by atoms with Gasteiger partial charge in [0.15, 0.2) is 0 Å². The third-order valence-corrected chi connectivity index (χ3v) is 2.00. The largest absolute Gasteiger partial charge is 0.349 e. The number of hydrogen-bond donors (Lipinski definition) is 2. The molecule has 0 unspecified atom stereocenters. The van der Waals surface area contributed by atoms with Gasteiger partial charge in [0.05, 0.1) is 18.8 Å². The van der Waals surface area contributed by atoms with Crippen LogP contribution in [0, 0.1) is 0 Å². The van der Waals surface area contributed by atoms with Crippen LogP contribution in [0.1, 0.15) is 18.2 Å². The first kappa shape index (κ1) is 10.7. The molecule has 1 aromatic rings. The molecule has 0 radical (unpaired) electrons. The number of rotatable bonds is 4. The molecule has 14 heavy (non-hydrogen) atoms. The Bertz CT molecular complexity index is 312. The number of nitrogens with zero attached hydrogens (tertiary/aromatic N) is 1. The number of aryl methyl sites for hydroxylation is 1. The summed E-state index contributed by atoms with van der Waals surface area (Å²) in [6.45, 7) is 2.54. The van der Waals surface area contributed by atoms with Gasteiger partial charge in [-0.15, -0.1) is 0 Å². The molecule has 0 aliphatic carbocycles. The number of hydrogen-bond acceptors (Lipinski definition) is 3. The second kappa shape index (κ2) is 5.34. The molecule has 0 saturated carbocycles. The predicted octanol–water partition coefficient (Wildman–Crippen LogP) is 0.219. The maximum atomic E-state index is 10.9. The first-order valence-corrected chi connectivity index (χ1v) is 4.67. The Labute approximate surface area is 83.5 Å². The summed E-state index contributed by atoms with van der Waals surface area (Å²) in [6.07, 6.45) is 2.64. The van der Waals surface area contributed by atoms with Crippen LogP contribution in [0.25, 0.3) is 0 Å². The molecule has 1 amide bonds. The van der Waals surface area contributed by atoms with E-state index in [4.69, 9.17) is 5.73 Å². The van der Waals surface area contributed by atoms with E-state index in [-0.39, 0.29) is 12.5 Å². The molecular formula is C10H15N3O. The number of amides is 1. The Morgan fingerprint density at radius 2 is 2.43 bits per heavy atom. The van der Waals surface area contributed by atoms with Crippen LogP contribution in [0.15, 0.2) is 18.3 Å². The van der Waals surface area contributed by atoms with Gasteiger partial charge in [0, 0.05) is 6.20 Å². The van der Waals surface area contributed by atoms with Crippen molar-refractivity contribution in [2.24, 2.45) is 5.73 Å². The third kappa shape index (κ3) is 2.81. The van der Waals surface area contributed by atoms with Crippen LogP contribution in [-0.2, 0) is 17.8 Å². The molecule has 0 bridgehead atoms. The molecule has 0 atom stereocenters. The average Bonchev–Trinajstić information content (AvgIpc) is 2.26. The highest BCUT2D eigenvalue weighted by Crippen LogP contribution is 2.05. The summed E-state index contributed by atoms with van der Waals surface area (Å²) in [7, 11) is 0. The summed E-state index contributed by atoms with van der Waals surface area (Å²) in [5.74, 6) is -0.155. The standard InChI is InChI=1S/C10H15N3O/c1-2-8-4-3-5-12-9(8)7-13-10(14)6-11/h3-5H,2,6-7,11H2,1H3,(H,13,14). The van der Waals surface area contributed by atoms with E-state index >= 15 is 0 Å². The van der Waals surface area contributed by atoms with Crippen LogP contribution in [0.4, 0.5) is 0 Å². The van der Waals surface area contributed by atoms with Gasteiger partial charge >= 0.3 is 0 Å². The smallest absolute Gasteiger partial charge is 0.234 e. The lowest BCUT2D eigenvalue weighted by Gasteiger charge is -2.06. The first-order chi connectivity index (χ1) is 6.77. The molecule has 0 spiro atoms. The number of pyridine rings is 1. The Kier molecular flexibility index (Phi) is 4.07. The SMILES string of the molecule is CCc1cccnc1CNC(=O)CN. The van der Waals surface area contributed by atoms with Crippen molar-refractivity contribution in [3.8, 4) is 0 Å². The average molecular weight is 193 g/mol. The van der Waals surface area contributed by atoms with Gasteiger partial charge in [-0.3, -0.25) is 9.78 Å². The van der Waals surface area contributed by atoms with Gasteiger partial charge in [0.2, 0.25) is 5.91 Å². The van der Waals surface area contributed by atoms with Crippen molar-refractivity contribution >= 4 is 5.91 Å². The van der Waals surface area contributed by atoms with Gasteiger partial charge in [-0.05, 0) is 18.1 Å². The van der Waals surface area contributed by atoms with Crippen LogP contribution in [0.3, 0.4) is 0 Å². The van der Waals surface area contributed by atoms with E-state index in [1.807, 2.05) is 12.1 Å². The molecule has 0 fully saturated rings. The topological polar surface area (TPSA) is 68.0 Å². The number of aromatic nitrogens is 1. The second-order valence-corrected chi connectivity index (χ2v) is 2.94. The number of nitrogens with one attached hydrogen (secondary N) is 1. The van der Waals surface area contributed by atoms with Crippen molar-refractivity contribution in [3.63, 3.8) is 0 Å². The zero-order chi connectivity index (χ0) is 10.4. The summed E-state index contributed by atoms with van der Waals surface area (Å²) >= 11 is 0. The molecule has 3 N–H and O–H groups in total. The van der Waals surface area contributed by atoms with Crippen LogP contribution in [-0.4, -0.2) is 17.4 Å². The highest BCUT2D eigenvalue weighted by Gasteiger charge is 2.02. The molecular weight excluding hydrogens is 178 g/mol. The van der Waals surface area contributed by atoms with E-state index in [0.717, 1.165) is 17.7 Å². The molecule has 1 heterocycles. The Hall–Kier alpha value is -1.42. The van der Waals surface area contributed by atoms with Gasteiger partial charge < -0.3 is 11.1 Å². The molecule has 4 nitrogen and oxygen atoms in total. The van der Waals surface area contributed by atoms with Crippen LogP contribution < -0.4 is 11.1 Å². The Balaban J connectivity index is 2.61. The Morgan fingerprint density at radius 3 is 3.07 bits per heavy atom. The lowest BCUT2D eigenvalue weighted by atomic mass is 10.1. The highest BCUT2D eigenvalue weighted by atomic mass is 16.1. The van der Waals surface area contributed by atoms with Crippen molar-refractivity contribution in [2.45, 2.75) is 19.9 Å². The third-order valence-electron chi connectivity index (χ3n) is 2.00. The quantitative estimate of drug-likeness (QED) is 0.718. The molecule has 76 valence electrons. The zero-order valence-electron chi connectivity index (χ0n) is 8.29. The maximum Gasteiger partial charge on any atom is 0.234 e. The summed E-state index contributed by atoms with van der Waals surface area (Å²) in [6, 6.07) is 3.91. The monoisotopic (exact) mass is 193 g/mol. The van der Waals surface area contributed by atoms with E-state index in [2.05, 4.69) is 17.2 Å². The molecule has 1 rings (SSSR count). The fourth-order valence-corrected chi connectivity index (χ4v) is 1.21. The zero-order valence-corrected chi connectivity index (χ0v) is 8.29. The molecule has 0 saturated heterocycles. The van der Waals surface area contributed by atoms with E-state index < -0.39 is 0 Å². The van der Waals surface area contributed by atoms with Crippen molar-refractivity contribution in [2.75, 3.05) is 6.54 Å². The van der Waals surface area contributed by atoms with E-state index in [9.17, 15) is 4.79 Å². The van der Waals surface area contributed by atoms with Crippen molar-refractivity contribution < 1.29 is 4.79 Å². The maximum absolute atomic E-state index is 10.9. The van der Waals surface area contributed by atoms with Crippen LogP contribution in [0.2, 0.25) is 0 Å². The lowest BCUT2D eigenvalue weighted by Crippen LogP contribution is -2.30. The van der Waals surface area contributed by atoms with Crippen LogP contribution in [0.5, 0.6) is 0 Å². The summed E-state index contributed by atoms with van der Waals surface area (Å²) in [5, 5.41) is 2.70. The fraction of sp³-hybridized carbons (Fsp3) is 0.400. The van der Waals surface area contributed by atoms with Crippen molar-refractivity contribution in [1.82, 2.24) is 10.3 Å². The van der Waals surface area contributed by atoms with E-state index in [0.29, 0.717) is 6.54 Å². The van der Waals surface area contributed by atoms with Gasteiger partial charge in [-0.25, -0.2) is 0 Å². The van der Waals surface area contributed by atoms with Gasteiger partial charge in [0.25, 0.3) is 0 Å². The number of carbonyl (C=O) groups is 1. The van der Waals surface area contributed by atoms with Crippen LogP contribution >= 0.6 is 0 Å². The molecule has 4 heteroatoms. The Morgan fingerprint density at radius 1 is 1.64 bits per heavy atom. The fourth-order valence-electron chi connectivity index (χ4n) is 1.21. The van der Waals surface area contributed by atoms with Gasteiger partial charge in [-0.1, -0.05) is 13.0 Å². The van der Waals surface area contributed by atoms with E-state index in [1.54, 1.807) is 6.20 Å². The number of carbonyl (C=O) groups excluding carboxylic acids is 1. The number of nitrogens with two attached hydrogens (primary N) is 1. The summed E-state index contributed by atoms with van der Waals surface area (Å²) < 4.78 is 0. The van der Waals surface area contributed by atoms with E-state index in [1.165, 1.54) is 0 Å². The summed E-state index contributed by atoms with van der Waals surface area (Å²) in [5.41, 5.74) is 7.25. The minimum atomic E-state index is -0.155. The lowest BCUT2D eigenvalue weighted by molar-refractivity contribution is -0.119. The first-order valence-electron chi connectivity index (χ1n) is 4.67. The minimum Gasteiger partial charge on any atom is -0.349 e. The molecule has 1 aromatic heterocycles. The van der Waals surface area contributed by atoms with Crippen molar-refractivity contribution in [3.05, 3.63) is 29.6 Å². The molecule has 0 aliphatic rings. The predicted molar refractivity (Wildman–Crippen MR) is 54.5 cm³/mol. The van der Waals surface area contributed by atoms with Crippen molar-refractivity contribution in [1.29, 1.82) is 0 Å². The second-order valence-electron chi connectivity index (χ2n) is 2.94. The molecule has 0 aromatic carbocycles. The normalized spacial score (nSPS) is 9.86. The molecule has 0 aliphatic heterocycles. The summed E-state index contributed by atoms with van der Waals surface area (Å²) in [4.78, 5) is 15.1. The minimum absolute atomic E-state index is 0.0221. The van der Waals surface area contributed by atoms with Gasteiger partial charge in [0.1, 0.15) is 0 Å². The van der Waals surface area contributed by atoms with Gasteiger partial charge in [-0.2, -0.15) is 0 Å². The highest BCUT2D eigenvalue weighted by molar-refractivity contribution is 5.77.